The van der Waals surface area contributed by atoms with E-state index in [0.717, 1.165) is 28.5 Å². The van der Waals surface area contributed by atoms with E-state index in [1.165, 1.54) is 11.1 Å². The van der Waals surface area contributed by atoms with Crippen molar-refractivity contribution in [1.82, 2.24) is 10.5 Å². The number of aromatic nitrogens is 1. The number of rotatable bonds is 9. The van der Waals surface area contributed by atoms with Gasteiger partial charge in [-0.15, -0.1) is 0 Å². The van der Waals surface area contributed by atoms with Crippen LogP contribution in [0.25, 0.3) is 0 Å². The van der Waals surface area contributed by atoms with E-state index in [1.54, 1.807) is 24.3 Å². The van der Waals surface area contributed by atoms with Crippen LogP contribution in [-0.4, -0.2) is 23.4 Å². The van der Waals surface area contributed by atoms with Crippen LogP contribution in [0.15, 0.2) is 53.1 Å². The molecule has 0 saturated carbocycles. The van der Waals surface area contributed by atoms with Crippen LogP contribution < -0.4 is 10.1 Å². The first-order valence-electron chi connectivity index (χ1n) is 9.59. The first kappa shape index (κ1) is 21.0. The third-order valence-corrected chi connectivity index (χ3v) is 5.63. The van der Waals surface area contributed by atoms with Crippen LogP contribution in [0.5, 0.6) is 5.75 Å². The molecule has 0 spiro atoms. The zero-order valence-electron chi connectivity index (χ0n) is 17.0. The summed E-state index contributed by atoms with van der Waals surface area (Å²) in [5.41, 5.74) is 4.98. The number of thioether (sulfide) groups is 1. The normalized spacial score (nSPS) is 10.7. The number of carbonyl (C=O) groups excluding carboxylic acids is 1. The Morgan fingerprint density at radius 3 is 2.45 bits per heavy atom. The van der Waals surface area contributed by atoms with Crippen molar-refractivity contribution < 1.29 is 14.1 Å². The van der Waals surface area contributed by atoms with Gasteiger partial charge in [0.2, 0.25) is 0 Å². The van der Waals surface area contributed by atoms with Gasteiger partial charge in [0.15, 0.2) is 0 Å². The lowest BCUT2D eigenvalue weighted by Crippen LogP contribution is -2.25. The van der Waals surface area contributed by atoms with Gasteiger partial charge in [-0.3, -0.25) is 4.79 Å². The Morgan fingerprint density at radius 2 is 1.79 bits per heavy atom. The fraction of sp³-hybridized carbons (Fsp3) is 0.304. The fourth-order valence-electron chi connectivity index (χ4n) is 2.78. The number of benzene rings is 2. The van der Waals surface area contributed by atoms with Crippen molar-refractivity contribution in [3.63, 3.8) is 0 Å². The van der Waals surface area contributed by atoms with Crippen LogP contribution in [0.4, 0.5) is 0 Å². The smallest absolute Gasteiger partial charge is 0.251 e. The van der Waals surface area contributed by atoms with E-state index in [2.05, 4.69) is 41.7 Å². The summed E-state index contributed by atoms with van der Waals surface area (Å²) in [6.07, 6.45) is 0. The molecule has 3 aromatic rings. The van der Waals surface area contributed by atoms with E-state index in [1.807, 2.05) is 25.6 Å². The number of aryl methyl sites for hydroxylation is 3. The molecule has 1 N–H and O–H groups in total. The third-order valence-electron chi connectivity index (χ3n) is 4.60. The molecular formula is C23H26N2O3S. The van der Waals surface area contributed by atoms with E-state index in [0.29, 0.717) is 24.5 Å². The zero-order chi connectivity index (χ0) is 20.6. The minimum absolute atomic E-state index is 0.0711. The van der Waals surface area contributed by atoms with Crippen molar-refractivity contribution in [3.05, 3.63) is 82.2 Å². The van der Waals surface area contributed by atoms with Gasteiger partial charge >= 0.3 is 0 Å². The highest BCUT2D eigenvalue weighted by atomic mass is 32.2. The second-order valence-corrected chi connectivity index (χ2v) is 8.02. The van der Waals surface area contributed by atoms with Gasteiger partial charge in [0.05, 0.1) is 11.3 Å². The van der Waals surface area contributed by atoms with Crippen LogP contribution in [0.3, 0.4) is 0 Å². The highest BCUT2D eigenvalue weighted by Gasteiger charge is 2.10. The minimum Gasteiger partial charge on any atom is -0.489 e. The lowest BCUT2D eigenvalue weighted by Gasteiger charge is -2.08. The molecule has 29 heavy (non-hydrogen) atoms. The van der Waals surface area contributed by atoms with Gasteiger partial charge in [-0.2, -0.15) is 11.8 Å². The fourth-order valence-corrected chi connectivity index (χ4v) is 3.60. The second kappa shape index (κ2) is 10.2. The van der Waals surface area contributed by atoms with Crippen molar-refractivity contribution in [2.24, 2.45) is 0 Å². The second-order valence-electron chi connectivity index (χ2n) is 6.91. The molecule has 0 unspecified atom stereocenters. The molecule has 6 heteroatoms. The van der Waals surface area contributed by atoms with Crippen molar-refractivity contribution in [1.29, 1.82) is 0 Å². The molecule has 0 fully saturated rings. The van der Waals surface area contributed by atoms with Gasteiger partial charge in [0, 0.05) is 23.6 Å². The van der Waals surface area contributed by atoms with Crippen LogP contribution in [0.2, 0.25) is 0 Å². The molecule has 0 bridgehead atoms. The Morgan fingerprint density at radius 1 is 1.07 bits per heavy atom. The summed E-state index contributed by atoms with van der Waals surface area (Å²) in [5.74, 6) is 3.22. The third kappa shape index (κ3) is 6.12. The van der Waals surface area contributed by atoms with Crippen molar-refractivity contribution in [2.75, 3.05) is 12.3 Å². The molecule has 5 nitrogen and oxygen atoms in total. The summed E-state index contributed by atoms with van der Waals surface area (Å²) in [4.78, 5) is 12.3. The van der Waals surface area contributed by atoms with E-state index >= 15 is 0 Å². The Balaban J connectivity index is 1.39. The van der Waals surface area contributed by atoms with Crippen molar-refractivity contribution >= 4 is 17.7 Å². The molecule has 0 aliphatic heterocycles. The topological polar surface area (TPSA) is 64.4 Å². The molecule has 1 heterocycles. The standard InChI is InChI=1S/C23H26N2O3S/c1-16-4-6-19(7-5-16)15-29-13-12-24-23(26)20-8-10-21(11-9-20)27-14-22-17(2)25-28-18(22)3/h4-11H,12-15H2,1-3H3,(H,24,26). The lowest BCUT2D eigenvalue weighted by molar-refractivity contribution is 0.0956. The number of hydrogen-bond donors (Lipinski definition) is 1. The van der Waals surface area contributed by atoms with Gasteiger partial charge in [-0.1, -0.05) is 35.0 Å². The van der Waals surface area contributed by atoms with E-state index in [9.17, 15) is 4.79 Å². The largest absolute Gasteiger partial charge is 0.489 e. The predicted molar refractivity (Wildman–Crippen MR) is 116 cm³/mol. The maximum atomic E-state index is 12.3. The predicted octanol–water partition coefficient (Wildman–Crippen LogP) is 4.84. The Hall–Kier alpha value is -2.73. The van der Waals surface area contributed by atoms with Gasteiger partial charge in [-0.05, 0) is 50.6 Å². The van der Waals surface area contributed by atoms with Gasteiger partial charge in [0.25, 0.3) is 5.91 Å². The number of amides is 1. The van der Waals surface area contributed by atoms with E-state index < -0.39 is 0 Å². The monoisotopic (exact) mass is 410 g/mol. The van der Waals surface area contributed by atoms with Crippen LogP contribution in [0.1, 0.15) is 38.5 Å². The summed E-state index contributed by atoms with van der Waals surface area (Å²) >= 11 is 1.81. The van der Waals surface area contributed by atoms with Gasteiger partial charge in [0.1, 0.15) is 18.1 Å². The SMILES string of the molecule is Cc1ccc(CSCCNC(=O)c2ccc(OCc3c(C)noc3C)cc2)cc1. The molecule has 0 atom stereocenters. The average molecular weight is 411 g/mol. The molecule has 3 rings (SSSR count). The number of ether oxygens (including phenoxy) is 1. The molecule has 152 valence electrons. The van der Waals surface area contributed by atoms with E-state index in [-0.39, 0.29) is 5.91 Å². The van der Waals surface area contributed by atoms with Crippen molar-refractivity contribution in [2.45, 2.75) is 33.1 Å². The highest BCUT2D eigenvalue weighted by Crippen LogP contribution is 2.18. The van der Waals surface area contributed by atoms with Gasteiger partial charge < -0.3 is 14.6 Å². The number of carbonyl (C=O) groups is 1. The molecule has 1 amide bonds. The van der Waals surface area contributed by atoms with Crippen molar-refractivity contribution in [3.8, 4) is 5.75 Å². The minimum atomic E-state index is -0.0711. The highest BCUT2D eigenvalue weighted by molar-refractivity contribution is 7.98. The number of hydrogen-bond acceptors (Lipinski definition) is 5. The molecule has 0 aliphatic carbocycles. The molecule has 0 aliphatic rings. The first-order valence-corrected chi connectivity index (χ1v) is 10.7. The molecule has 0 saturated heterocycles. The maximum absolute atomic E-state index is 12.3. The molecule has 0 radical (unpaired) electrons. The first-order chi connectivity index (χ1) is 14.0. The summed E-state index contributed by atoms with van der Waals surface area (Å²) in [7, 11) is 0. The lowest BCUT2D eigenvalue weighted by atomic mass is 10.2. The van der Waals surface area contributed by atoms with Crippen LogP contribution >= 0.6 is 11.8 Å². The quantitative estimate of drug-likeness (QED) is 0.511. The molecule has 2 aromatic carbocycles. The summed E-state index contributed by atoms with van der Waals surface area (Å²) in [6.45, 7) is 6.88. The maximum Gasteiger partial charge on any atom is 0.251 e. The summed E-state index contributed by atoms with van der Waals surface area (Å²) in [5, 5.41) is 6.88. The van der Waals surface area contributed by atoms with Crippen LogP contribution in [-0.2, 0) is 12.4 Å². The zero-order valence-corrected chi connectivity index (χ0v) is 17.8. The molecule has 1 aromatic heterocycles. The van der Waals surface area contributed by atoms with E-state index in [4.69, 9.17) is 9.26 Å². The summed E-state index contributed by atoms with van der Waals surface area (Å²) < 4.78 is 10.9. The Bertz CT molecular complexity index is 914. The number of nitrogens with zero attached hydrogens (tertiary/aromatic N) is 1. The number of nitrogens with one attached hydrogen (secondary N) is 1. The van der Waals surface area contributed by atoms with Gasteiger partial charge in [-0.25, -0.2) is 0 Å². The summed E-state index contributed by atoms with van der Waals surface area (Å²) in [6, 6.07) is 15.7. The Kier molecular flexibility index (Phi) is 7.36. The Labute approximate surface area is 175 Å². The average Bonchev–Trinajstić information content (AvgIpc) is 3.05. The van der Waals surface area contributed by atoms with Crippen LogP contribution in [0, 0.1) is 20.8 Å². The molecular weight excluding hydrogens is 384 g/mol.